The molecule has 0 saturated carbocycles. The molecule has 1 amide bonds. The average molecular weight is 257 g/mol. The molecule has 0 unspecified atom stereocenters. The van der Waals surface area contributed by atoms with E-state index in [1.54, 1.807) is 18.2 Å². The number of primary amides is 1. The summed E-state index contributed by atoms with van der Waals surface area (Å²) in [5.74, 6) is 0. The van der Waals surface area contributed by atoms with Crippen molar-refractivity contribution in [1.82, 2.24) is 0 Å². The van der Waals surface area contributed by atoms with Crippen LogP contribution in [0.3, 0.4) is 0 Å². The number of carbonyl (C=O) groups excluding carboxylic acids is 1. The summed E-state index contributed by atoms with van der Waals surface area (Å²) in [4.78, 5) is 10.5. The molecule has 6 heteroatoms. The molecule has 2 N–H and O–H groups in total. The van der Waals surface area contributed by atoms with Crippen LogP contribution in [0.15, 0.2) is 29.2 Å². The van der Waals surface area contributed by atoms with Crippen LogP contribution >= 0.6 is 0 Å². The van der Waals surface area contributed by atoms with E-state index in [2.05, 4.69) is 4.18 Å². The maximum Gasteiger partial charge on any atom is 0.420 e. The van der Waals surface area contributed by atoms with E-state index in [4.69, 9.17) is 5.73 Å². The van der Waals surface area contributed by atoms with Crippen molar-refractivity contribution in [1.29, 1.82) is 0 Å². The second-order valence-corrected chi connectivity index (χ2v) is 6.12. The average Bonchev–Trinajstić information content (AvgIpc) is 2.14. The van der Waals surface area contributed by atoms with Crippen molar-refractivity contribution in [2.75, 3.05) is 0 Å². The highest BCUT2D eigenvalue weighted by molar-refractivity contribution is 7.87. The lowest BCUT2D eigenvalue weighted by Gasteiger charge is -2.21. The van der Waals surface area contributed by atoms with Gasteiger partial charge in [0.15, 0.2) is 0 Å². The Morgan fingerprint density at radius 1 is 1.24 bits per heavy atom. The van der Waals surface area contributed by atoms with Crippen LogP contribution in [-0.2, 0) is 19.7 Å². The molecule has 0 fully saturated rings. The Morgan fingerprint density at radius 3 is 2.24 bits per heavy atom. The molecule has 1 aromatic carbocycles. The molecule has 0 radical (unpaired) electrons. The Balaban J connectivity index is 3.38. The zero-order chi connectivity index (χ0) is 13.3. The monoisotopic (exact) mass is 257 g/mol. The van der Waals surface area contributed by atoms with Crippen molar-refractivity contribution in [3.63, 3.8) is 0 Å². The summed E-state index contributed by atoms with van der Waals surface area (Å²) in [6.07, 6.45) is -1.34. The van der Waals surface area contributed by atoms with Crippen molar-refractivity contribution in [3.8, 4) is 0 Å². The van der Waals surface area contributed by atoms with Gasteiger partial charge in [-0.1, -0.05) is 39.0 Å². The smallest absolute Gasteiger partial charge is 0.334 e. The van der Waals surface area contributed by atoms with Crippen LogP contribution in [0.5, 0.6) is 0 Å². The first-order valence-corrected chi connectivity index (χ1v) is 6.39. The van der Waals surface area contributed by atoms with Crippen LogP contribution in [0.4, 0.5) is 4.79 Å². The lowest BCUT2D eigenvalue weighted by molar-refractivity contribution is 0.212. The van der Waals surface area contributed by atoms with E-state index in [-0.39, 0.29) is 10.3 Å². The first kappa shape index (κ1) is 13.5. The van der Waals surface area contributed by atoms with Crippen LogP contribution in [0.1, 0.15) is 26.3 Å². The van der Waals surface area contributed by atoms with Crippen molar-refractivity contribution in [2.45, 2.75) is 31.1 Å². The number of carbonyl (C=O) groups is 1. The van der Waals surface area contributed by atoms with E-state index in [1.165, 1.54) is 6.07 Å². The quantitative estimate of drug-likeness (QED) is 0.818. The first-order chi connectivity index (χ1) is 7.64. The van der Waals surface area contributed by atoms with Gasteiger partial charge in [-0.25, -0.2) is 4.79 Å². The summed E-state index contributed by atoms with van der Waals surface area (Å²) in [7, 11) is -4.15. The zero-order valence-electron chi connectivity index (χ0n) is 9.93. The van der Waals surface area contributed by atoms with Gasteiger partial charge in [0.2, 0.25) is 0 Å². The molecule has 0 bridgehead atoms. The molecule has 0 spiro atoms. The third kappa shape index (κ3) is 3.20. The molecule has 0 aliphatic heterocycles. The maximum absolute atomic E-state index is 11.8. The summed E-state index contributed by atoms with van der Waals surface area (Å²) in [6, 6.07) is 6.35. The van der Waals surface area contributed by atoms with Gasteiger partial charge < -0.3 is 9.92 Å². The number of rotatable bonds is 2. The normalized spacial score (nSPS) is 12.2. The minimum absolute atomic E-state index is 0.0358. The summed E-state index contributed by atoms with van der Waals surface area (Å²) < 4.78 is 27.7. The fourth-order valence-electron chi connectivity index (χ4n) is 1.46. The van der Waals surface area contributed by atoms with Crippen molar-refractivity contribution >= 4 is 16.2 Å². The molecule has 0 heterocycles. The van der Waals surface area contributed by atoms with Gasteiger partial charge in [0.25, 0.3) is 0 Å². The second kappa shape index (κ2) is 4.37. The van der Waals surface area contributed by atoms with Crippen molar-refractivity contribution in [3.05, 3.63) is 29.8 Å². The van der Waals surface area contributed by atoms with Gasteiger partial charge >= 0.3 is 16.2 Å². The van der Waals surface area contributed by atoms with E-state index in [0.717, 1.165) is 0 Å². The Morgan fingerprint density at radius 2 is 1.76 bits per heavy atom. The third-order valence-electron chi connectivity index (χ3n) is 2.16. The molecular formula is C11H15NO4S. The summed E-state index contributed by atoms with van der Waals surface area (Å²) in [5, 5.41) is 0. The molecule has 0 atom stereocenters. The molecule has 0 aliphatic carbocycles. The molecular weight excluding hydrogens is 242 g/mol. The lowest BCUT2D eigenvalue weighted by Crippen LogP contribution is -2.22. The van der Waals surface area contributed by atoms with Crippen molar-refractivity contribution < 1.29 is 17.4 Å². The van der Waals surface area contributed by atoms with Crippen LogP contribution < -0.4 is 5.73 Å². The van der Waals surface area contributed by atoms with Gasteiger partial charge in [-0.3, -0.25) is 0 Å². The molecule has 1 rings (SSSR count). The lowest BCUT2D eigenvalue weighted by atomic mass is 9.87. The summed E-state index contributed by atoms with van der Waals surface area (Å²) in [6.45, 7) is 5.60. The molecule has 0 saturated heterocycles. The molecule has 94 valence electrons. The topological polar surface area (TPSA) is 86.5 Å². The standard InChI is InChI=1S/C11H15NO4S/c1-11(2,3)8-6-4-5-7-9(8)17(14,15)16-10(12)13/h4-7H,1-3H3,(H2,12,13). The molecule has 5 nitrogen and oxygen atoms in total. The predicted octanol–water partition coefficient (Wildman–Crippen LogP) is 1.77. The van der Waals surface area contributed by atoms with E-state index in [9.17, 15) is 13.2 Å². The maximum atomic E-state index is 11.8. The van der Waals surface area contributed by atoms with Gasteiger partial charge in [0, 0.05) is 0 Å². The van der Waals surface area contributed by atoms with Crippen LogP contribution in [0.2, 0.25) is 0 Å². The van der Waals surface area contributed by atoms with Gasteiger partial charge in [0.1, 0.15) is 4.90 Å². The highest BCUT2D eigenvalue weighted by atomic mass is 32.2. The van der Waals surface area contributed by atoms with Crippen LogP contribution in [-0.4, -0.2) is 14.5 Å². The highest BCUT2D eigenvalue weighted by Gasteiger charge is 2.27. The summed E-state index contributed by atoms with van der Waals surface area (Å²) >= 11 is 0. The Bertz CT molecular complexity index is 529. The van der Waals surface area contributed by atoms with E-state index in [0.29, 0.717) is 5.56 Å². The number of benzene rings is 1. The fraction of sp³-hybridized carbons (Fsp3) is 0.364. The zero-order valence-corrected chi connectivity index (χ0v) is 10.7. The number of nitrogens with two attached hydrogens (primary N) is 1. The van der Waals surface area contributed by atoms with Crippen molar-refractivity contribution in [2.24, 2.45) is 5.73 Å². The molecule has 17 heavy (non-hydrogen) atoms. The Labute approximate surface area is 101 Å². The minimum Gasteiger partial charge on any atom is -0.334 e. The van der Waals surface area contributed by atoms with Gasteiger partial charge in [0.05, 0.1) is 0 Å². The predicted molar refractivity (Wildman–Crippen MR) is 63.0 cm³/mol. The molecule has 0 aromatic heterocycles. The molecule has 1 aromatic rings. The van der Waals surface area contributed by atoms with E-state index < -0.39 is 16.2 Å². The third-order valence-corrected chi connectivity index (χ3v) is 3.43. The van der Waals surface area contributed by atoms with Gasteiger partial charge in [-0.2, -0.15) is 8.42 Å². The van der Waals surface area contributed by atoms with E-state index >= 15 is 0 Å². The van der Waals surface area contributed by atoms with Gasteiger partial charge in [-0.15, -0.1) is 0 Å². The Kier molecular flexibility index (Phi) is 3.47. The number of hydrogen-bond acceptors (Lipinski definition) is 4. The van der Waals surface area contributed by atoms with Gasteiger partial charge in [-0.05, 0) is 17.0 Å². The van der Waals surface area contributed by atoms with Crippen LogP contribution in [0, 0.1) is 0 Å². The second-order valence-electron chi connectivity index (χ2n) is 4.60. The minimum atomic E-state index is -4.15. The highest BCUT2D eigenvalue weighted by Crippen LogP contribution is 2.29. The van der Waals surface area contributed by atoms with Crippen LogP contribution in [0.25, 0.3) is 0 Å². The number of hydrogen-bond donors (Lipinski definition) is 1. The SMILES string of the molecule is CC(C)(C)c1ccccc1S(=O)(=O)OC(N)=O. The Hall–Kier alpha value is -1.56. The number of amides is 1. The largest absolute Gasteiger partial charge is 0.420 e. The first-order valence-electron chi connectivity index (χ1n) is 4.98. The summed E-state index contributed by atoms with van der Waals surface area (Å²) in [5.41, 5.74) is 4.92. The molecule has 0 aliphatic rings. The fourth-order valence-corrected chi connectivity index (χ4v) is 2.65. The van der Waals surface area contributed by atoms with E-state index in [1.807, 2.05) is 20.8 Å².